The molecule has 13 heteroatoms. The van der Waals surface area contributed by atoms with Crippen molar-refractivity contribution < 1.29 is 35.9 Å². The second-order valence-electron chi connectivity index (χ2n) is 8.09. The Morgan fingerprint density at radius 3 is 2.11 bits per heavy atom. The van der Waals surface area contributed by atoms with Crippen LogP contribution in [0, 0.1) is 5.92 Å². The van der Waals surface area contributed by atoms with Gasteiger partial charge in [0.05, 0.1) is 32.1 Å². The van der Waals surface area contributed by atoms with Gasteiger partial charge in [-0.25, -0.2) is 0 Å². The minimum absolute atomic E-state index is 0.139. The highest BCUT2D eigenvalue weighted by Crippen LogP contribution is 2.41. The number of rotatable bonds is 5. The lowest BCUT2D eigenvalue weighted by Gasteiger charge is -2.20. The molecule has 4 nitrogen and oxygen atoms in total. The zero-order chi connectivity index (χ0) is 27.0. The number of hydrogen-bond acceptors (Lipinski definition) is 2. The van der Waals surface area contributed by atoms with E-state index in [4.69, 9.17) is 34.8 Å². The minimum Gasteiger partial charge on any atom is -0.273 e. The van der Waals surface area contributed by atoms with E-state index in [2.05, 4.69) is 5.43 Å². The number of amides is 2. The Balaban J connectivity index is 1.93. The fourth-order valence-electron chi connectivity index (χ4n) is 3.34. The van der Waals surface area contributed by atoms with Gasteiger partial charge in [0.1, 0.15) is 0 Å². The van der Waals surface area contributed by atoms with Gasteiger partial charge in [-0.15, -0.1) is 0 Å². The fourth-order valence-corrected chi connectivity index (χ4v) is 3.95. The molecule has 0 saturated heterocycles. The van der Waals surface area contributed by atoms with Gasteiger partial charge in [0.25, 0.3) is 5.91 Å². The first-order valence-corrected chi connectivity index (χ1v) is 11.4. The van der Waals surface area contributed by atoms with E-state index in [-0.39, 0.29) is 32.1 Å². The summed E-state index contributed by atoms with van der Waals surface area (Å²) in [5.74, 6) is -4.16. The van der Waals surface area contributed by atoms with Crippen LogP contribution in [0.5, 0.6) is 0 Å². The average Bonchev–Trinajstić information content (AvgIpc) is 3.60. The number of hydrazine groups is 1. The molecule has 0 bridgehead atoms. The molecule has 36 heavy (non-hydrogen) atoms. The van der Waals surface area contributed by atoms with Crippen LogP contribution in [0.25, 0.3) is 6.08 Å². The number of hydrogen-bond donors (Lipinski definition) is 1. The standard InChI is InChI=1S/C23H17Cl3F6N2O2/c1-34(21(36)12-4-5-12)33-20(35)14-6-2-11(8-16(14)23(30,31)32)3-7-15(22(27,28)29)13-9-17(24)19(26)18(25)10-13/h2-3,6-10,12,15H,4-5H2,1H3,(H,33,35). The van der Waals surface area contributed by atoms with Crippen LogP contribution >= 0.6 is 34.8 Å². The molecule has 2 aromatic rings. The van der Waals surface area contributed by atoms with Crippen molar-refractivity contribution in [3.8, 4) is 0 Å². The molecule has 1 atom stereocenters. The predicted molar refractivity (Wildman–Crippen MR) is 124 cm³/mol. The molecule has 0 aliphatic heterocycles. The first kappa shape index (κ1) is 28.1. The van der Waals surface area contributed by atoms with Crippen molar-refractivity contribution in [3.05, 3.63) is 73.7 Å². The quantitative estimate of drug-likeness (QED) is 0.228. The van der Waals surface area contributed by atoms with Crippen LogP contribution in [0.2, 0.25) is 15.1 Å². The summed E-state index contributed by atoms with van der Waals surface area (Å²) in [6.45, 7) is 0. The van der Waals surface area contributed by atoms with Crippen LogP contribution in [-0.4, -0.2) is 30.0 Å². The topological polar surface area (TPSA) is 49.4 Å². The second kappa shape index (κ2) is 10.5. The van der Waals surface area contributed by atoms with Crippen molar-refractivity contribution in [2.75, 3.05) is 7.05 Å². The average molecular weight is 574 g/mol. The summed E-state index contributed by atoms with van der Waals surface area (Å²) in [5, 5.41) is 0.244. The van der Waals surface area contributed by atoms with Crippen LogP contribution in [-0.2, 0) is 11.0 Å². The highest BCUT2D eigenvalue weighted by molar-refractivity contribution is 6.48. The van der Waals surface area contributed by atoms with E-state index in [0.29, 0.717) is 25.0 Å². The van der Waals surface area contributed by atoms with Gasteiger partial charge in [-0.1, -0.05) is 53.0 Å². The summed E-state index contributed by atoms with van der Waals surface area (Å²) in [6, 6.07) is 4.35. The molecule has 194 valence electrons. The SMILES string of the molecule is CN(NC(=O)c1ccc(C=CC(c2cc(Cl)c(Cl)c(Cl)c2)C(F)(F)F)cc1C(F)(F)F)C(=O)C1CC1. The Bertz CT molecular complexity index is 1190. The zero-order valence-electron chi connectivity index (χ0n) is 18.3. The van der Waals surface area contributed by atoms with Gasteiger partial charge < -0.3 is 0 Å². The van der Waals surface area contributed by atoms with Gasteiger partial charge >= 0.3 is 12.4 Å². The summed E-state index contributed by atoms with van der Waals surface area (Å²) in [7, 11) is 1.22. The molecule has 1 aliphatic carbocycles. The van der Waals surface area contributed by atoms with Gasteiger partial charge in [-0.3, -0.25) is 20.0 Å². The number of allylic oxidation sites excluding steroid dienone is 1. The minimum atomic E-state index is -5.00. The molecule has 0 spiro atoms. The summed E-state index contributed by atoms with van der Waals surface area (Å²) in [4.78, 5) is 24.4. The van der Waals surface area contributed by atoms with Crippen molar-refractivity contribution in [2.45, 2.75) is 31.1 Å². The van der Waals surface area contributed by atoms with Crippen molar-refractivity contribution in [1.82, 2.24) is 10.4 Å². The Morgan fingerprint density at radius 1 is 1.03 bits per heavy atom. The highest BCUT2D eigenvalue weighted by Gasteiger charge is 2.40. The smallest absolute Gasteiger partial charge is 0.273 e. The highest BCUT2D eigenvalue weighted by atomic mass is 35.5. The number of nitrogens with one attached hydrogen (secondary N) is 1. The maximum Gasteiger partial charge on any atom is 0.417 e. The monoisotopic (exact) mass is 572 g/mol. The van der Waals surface area contributed by atoms with E-state index in [1.54, 1.807) is 0 Å². The number of carbonyl (C=O) groups excluding carboxylic acids is 2. The maximum absolute atomic E-state index is 13.7. The molecule has 0 radical (unpaired) electrons. The summed E-state index contributed by atoms with van der Waals surface area (Å²) in [5.41, 5.74) is -0.689. The molecule has 0 aromatic heterocycles. The first-order valence-electron chi connectivity index (χ1n) is 10.3. The molecule has 3 rings (SSSR count). The Morgan fingerprint density at radius 2 is 1.61 bits per heavy atom. The lowest BCUT2D eigenvalue weighted by atomic mass is 9.96. The summed E-state index contributed by atoms with van der Waals surface area (Å²) in [6.07, 6.45) is -7.09. The third-order valence-electron chi connectivity index (χ3n) is 5.32. The lowest BCUT2D eigenvalue weighted by molar-refractivity contribution is -0.140. The predicted octanol–water partition coefficient (Wildman–Crippen LogP) is 7.54. The summed E-state index contributed by atoms with van der Waals surface area (Å²) < 4.78 is 82.3. The number of nitrogens with zero attached hydrogens (tertiary/aromatic N) is 1. The van der Waals surface area contributed by atoms with E-state index in [1.807, 2.05) is 0 Å². The first-order chi connectivity index (χ1) is 16.6. The Kier molecular flexibility index (Phi) is 8.22. The molecular weight excluding hydrogens is 557 g/mol. The Hall–Kier alpha value is -2.43. The largest absolute Gasteiger partial charge is 0.417 e. The van der Waals surface area contributed by atoms with Gasteiger partial charge in [0, 0.05) is 13.0 Å². The molecule has 1 unspecified atom stereocenters. The molecule has 0 heterocycles. The molecule has 2 aromatic carbocycles. The zero-order valence-corrected chi connectivity index (χ0v) is 20.5. The van der Waals surface area contributed by atoms with Crippen molar-refractivity contribution in [1.29, 1.82) is 0 Å². The van der Waals surface area contributed by atoms with Crippen molar-refractivity contribution >= 4 is 52.7 Å². The normalized spacial score (nSPS) is 15.2. The molecule has 1 fully saturated rings. The fraction of sp³-hybridized carbons (Fsp3) is 0.304. The van der Waals surface area contributed by atoms with Gasteiger partial charge in [0.2, 0.25) is 5.91 Å². The number of alkyl halides is 6. The van der Waals surface area contributed by atoms with Crippen LogP contribution in [0.15, 0.2) is 36.4 Å². The van der Waals surface area contributed by atoms with Crippen molar-refractivity contribution in [2.24, 2.45) is 5.92 Å². The van der Waals surface area contributed by atoms with Crippen molar-refractivity contribution in [3.63, 3.8) is 0 Å². The lowest BCUT2D eigenvalue weighted by Crippen LogP contribution is -2.44. The van der Waals surface area contributed by atoms with Gasteiger partial charge in [0.15, 0.2) is 0 Å². The second-order valence-corrected chi connectivity index (χ2v) is 9.28. The van der Waals surface area contributed by atoms with E-state index in [1.165, 1.54) is 7.05 Å². The van der Waals surface area contributed by atoms with Crippen LogP contribution in [0.4, 0.5) is 26.3 Å². The molecule has 1 aliphatic rings. The molecule has 1 N–H and O–H groups in total. The third-order valence-corrected chi connectivity index (χ3v) is 6.52. The van der Waals surface area contributed by atoms with Gasteiger partial charge in [-0.2, -0.15) is 26.3 Å². The number of benzene rings is 2. The molecular formula is C23H17Cl3F6N2O2. The van der Waals surface area contributed by atoms with Gasteiger partial charge in [-0.05, 0) is 48.2 Å². The van der Waals surface area contributed by atoms with Crippen LogP contribution in [0.3, 0.4) is 0 Å². The van der Waals surface area contributed by atoms with Crippen LogP contribution < -0.4 is 5.43 Å². The molecule has 2 amide bonds. The maximum atomic E-state index is 13.7. The number of halogens is 9. The van der Waals surface area contributed by atoms with E-state index < -0.39 is 41.2 Å². The third kappa shape index (κ3) is 6.66. The van der Waals surface area contributed by atoms with Crippen LogP contribution in [0.1, 0.15) is 45.8 Å². The van der Waals surface area contributed by atoms with E-state index in [9.17, 15) is 35.9 Å². The Labute approximate surface area is 216 Å². The van der Waals surface area contributed by atoms with E-state index >= 15 is 0 Å². The number of carbonyl (C=O) groups is 2. The summed E-state index contributed by atoms with van der Waals surface area (Å²) >= 11 is 17.4. The van der Waals surface area contributed by atoms with E-state index in [0.717, 1.165) is 35.4 Å². The molecule has 1 saturated carbocycles.